The molecule has 0 spiro atoms. The molecule has 30 heavy (non-hydrogen) atoms. The number of ether oxygens (including phenoxy) is 1. The Morgan fingerprint density at radius 2 is 1.67 bits per heavy atom. The number of nitrogens with one attached hydrogen (secondary N) is 2. The van der Waals surface area contributed by atoms with Crippen molar-refractivity contribution < 1.29 is 19.4 Å². The van der Waals surface area contributed by atoms with Gasteiger partial charge in [0, 0.05) is 5.69 Å². The van der Waals surface area contributed by atoms with E-state index in [1.54, 1.807) is 24.3 Å². The predicted molar refractivity (Wildman–Crippen MR) is 114 cm³/mol. The van der Waals surface area contributed by atoms with Crippen molar-refractivity contribution in [3.05, 3.63) is 65.9 Å². The molecule has 0 aromatic heterocycles. The molecular weight excluding hydrogens is 380 g/mol. The summed E-state index contributed by atoms with van der Waals surface area (Å²) >= 11 is 0. The van der Waals surface area contributed by atoms with Crippen molar-refractivity contribution in [3.8, 4) is 11.5 Å². The van der Waals surface area contributed by atoms with Gasteiger partial charge in [0.1, 0.15) is 22.8 Å². The van der Waals surface area contributed by atoms with Crippen LogP contribution < -0.4 is 15.4 Å². The molecule has 2 aromatic carbocycles. The number of anilines is 1. The first-order valence-corrected chi connectivity index (χ1v) is 10.5. The molecular formula is C24H26N2O4. The number of amides is 2. The lowest BCUT2D eigenvalue weighted by atomic mass is 9.84. The number of hydrogen-bond donors (Lipinski definition) is 3. The maximum absolute atomic E-state index is 12.6. The second-order valence-corrected chi connectivity index (χ2v) is 7.92. The fourth-order valence-corrected chi connectivity index (χ4v) is 4.16. The average Bonchev–Trinajstić information content (AvgIpc) is 3.04. The minimum Gasteiger partial charge on any atom is -0.509 e. The highest BCUT2D eigenvalue weighted by molar-refractivity contribution is 6.24. The second kappa shape index (κ2) is 9.03. The third-order valence-corrected chi connectivity index (χ3v) is 5.73. The van der Waals surface area contributed by atoms with E-state index in [1.165, 1.54) is 19.3 Å². The predicted octanol–water partition coefficient (Wildman–Crippen LogP) is 4.70. The minimum atomic E-state index is -0.604. The van der Waals surface area contributed by atoms with Crippen LogP contribution in [0.2, 0.25) is 0 Å². The van der Waals surface area contributed by atoms with Gasteiger partial charge in [-0.3, -0.25) is 9.59 Å². The Bertz CT molecular complexity index is 931. The van der Waals surface area contributed by atoms with E-state index in [1.807, 2.05) is 30.3 Å². The molecule has 2 aliphatic rings. The number of benzene rings is 2. The lowest BCUT2D eigenvalue weighted by molar-refractivity contribution is -0.120. The lowest BCUT2D eigenvalue weighted by Gasteiger charge is -2.24. The van der Waals surface area contributed by atoms with Gasteiger partial charge < -0.3 is 20.5 Å². The van der Waals surface area contributed by atoms with E-state index < -0.39 is 17.9 Å². The zero-order valence-corrected chi connectivity index (χ0v) is 16.8. The van der Waals surface area contributed by atoms with Gasteiger partial charge in [-0.15, -0.1) is 0 Å². The molecule has 6 heteroatoms. The fraction of sp³-hybridized carbons (Fsp3) is 0.333. The molecule has 156 valence electrons. The van der Waals surface area contributed by atoms with E-state index >= 15 is 0 Å². The van der Waals surface area contributed by atoms with E-state index in [9.17, 15) is 14.7 Å². The van der Waals surface area contributed by atoms with Crippen LogP contribution in [0.25, 0.3) is 0 Å². The van der Waals surface area contributed by atoms with Crippen LogP contribution in [0.15, 0.2) is 65.9 Å². The van der Waals surface area contributed by atoms with Crippen LogP contribution in [0.4, 0.5) is 5.69 Å². The molecule has 0 bridgehead atoms. The van der Waals surface area contributed by atoms with Crippen molar-refractivity contribution in [2.75, 3.05) is 5.32 Å². The zero-order valence-electron chi connectivity index (χ0n) is 16.8. The Kier molecular flexibility index (Phi) is 6.02. The van der Waals surface area contributed by atoms with E-state index in [-0.39, 0.29) is 11.3 Å². The first-order valence-electron chi connectivity index (χ1n) is 10.5. The van der Waals surface area contributed by atoms with Crippen molar-refractivity contribution in [2.24, 2.45) is 5.92 Å². The summed E-state index contributed by atoms with van der Waals surface area (Å²) in [7, 11) is 0. The Balaban J connectivity index is 1.39. The highest BCUT2D eigenvalue weighted by atomic mass is 16.5. The largest absolute Gasteiger partial charge is 0.509 e. The first-order chi connectivity index (χ1) is 14.6. The quantitative estimate of drug-likeness (QED) is 0.607. The average molecular weight is 406 g/mol. The van der Waals surface area contributed by atoms with Gasteiger partial charge in [0.25, 0.3) is 11.8 Å². The number of para-hydroxylation sites is 1. The van der Waals surface area contributed by atoms with Crippen molar-refractivity contribution >= 4 is 17.5 Å². The van der Waals surface area contributed by atoms with Crippen LogP contribution in [0.3, 0.4) is 0 Å². The number of carbonyl (C=O) groups excluding carboxylic acids is 2. The summed E-state index contributed by atoms with van der Waals surface area (Å²) in [5.41, 5.74) is 0.324. The summed E-state index contributed by atoms with van der Waals surface area (Å²) in [6.45, 7) is 0. The minimum absolute atomic E-state index is 0.146. The lowest BCUT2D eigenvalue weighted by Crippen LogP contribution is -2.32. The molecule has 6 nitrogen and oxygen atoms in total. The Morgan fingerprint density at radius 3 is 2.37 bits per heavy atom. The zero-order chi connectivity index (χ0) is 20.9. The normalized spacial score (nSPS) is 19.5. The maximum Gasteiger partial charge on any atom is 0.264 e. The molecule has 1 aliphatic carbocycles. The molecule has 1 aliphatic heterocycles. The van der Waals surface area contributed by atoms with Crippen LogP contribution >= 0.6 is 0 Å². The van der Waals surface area contributed by atoms with Gasteiger partial charge in [0.2, 0.25) is 0 Å². The fourth-order valence-electron chi connectivity index (χ4n) is 4.16. The molecule has 0 radical (unpaired) electrons. The summed E-state index contributed by atoms with van der Waals surface area (Å²) in [4.78, 5) is 24.9. The number of aliphatic hydroxyl groups is 1. The Hall–Kier alpha value is -3.28. The molecule has 2 amide bonds. The highest BCUT2D eigenvalue weighted by Crippen LogP contribution is 2.31. The topological polar surface area (TPSA) is 87.7 Å². The van der Waals surface area contributed by atoms with Crippen LogP contribution in [0.1, 0.15) is 38.5 Å². The van der Waals surface area contributed by atoms with Gasteiger partial charge in [-0.25, -0.2) is 0 Å². The van der Waals surface area contributed by atoms with Crippen LogP contribution in [-0.2, 0) is 9.59 Å². The molecule has 1 saturated carbocycles. The van der Waals surface area contributed by atoms with E-state index in [0.717, 1.165) is 18.6 Å². The summed E-state index contributed by atoms with van der Waals surface area (Å²) < 4.78 is 5.73. The number of hydrogen-bond acceptors (Lipinski definition) is 4. The summed E-state index contributed by atoms with van der Waals surface area (Å²) in [6, 6.07) is 15.8. The Labute approximate surface area is 175 Å². The van der Waals surface area contributed by atoms with Gasteiger partial charge in [0.15, 0.2) is 0 Å². The van der Waals surface area contributed by atoms with Gasteiger partial charge in [-0.05, 0) is 48.7 Å². The number of aliphatic hydroxyl groups excluding tert-OH is 1. The number of rotatable bonds is 6. The molecule has 1 fully saturated rings. The smallest absolute Gasteiger partial charge is 0.264 e. The summed E-state index contributed by atoms with van der Waals surface area (Å²) in [5, 5.41) is 16.0. The van der Waals surface area contributed by atoms with Crippen LogP contribution in [-0.4, -0.2) is 23.0 Å². The van der Waals surface area contributed by atoms with Crippen molar-refractivity contribution in [3.63, 3.8) is 0 Å². The third kappa shape index (κ3) is 4.64. The van der Waals surface area contributed by atoms with Crippen molar-refractivity contribution in [1.29, 1.82) is 0 Å². The number of carbonyl (C=O) groups is 2. The van der Waals surface area contributed by atoms with Gasteiger partial charge in [-0.2, -0.15) is 0 Å². The van der Waals surface area contributed by atoms with Gasteiger partial charge >= 0.3 is 0 Å². The van der Waals surface area contributed by atoms with Crippen LogP contribution in [0.5, 0.6) is 11.5 Å². The standard InChI is InChI=1S/C24H26N2O4/c27-22-20(15-16-7-3-1-4-8-16)26-24(29)21(22)23(28)25-17-11-13-19(14-12-17)30-18-9-5-2-6-10-18/h2,5-6,9-14,16,20,27H,1,3-4,7-8,15H2,(H,25,28)(H,26,29). The maximum atomic E-state index is 12.6. The van der Waals surface area contributed by atoms with E-state index in [2.05, 4.69) is 10.6 Å². The molecule has 1 unspecified atom stereocenters. The summed E-state index contributed by atoms with van der Waals surface area (Å²) in [6.07, 6.45) is 6.52. The van der Waals surface area contributed by atoms with E-state index in [0.29, 0.717) is 23.8 Å². The molecule has 0 saturated heterocycles. The monoisotopic (exact) mass is 406 g/mol. The van der Waals surface area contributed by atoms with E-state index in [4.69, 9.17) is 4.74 Å². The van der Waals surface area contributed by atoms with Crippen molar-refractivity contribution in [2.45, 2.75) is 44.6 Å². The van der Waals surface area contributed by atoms with Crippen LogP contribution in [0, 0.1) is 5.92 Å². The Morgan fingerprint density at radius 1 is 1.00 bits per heavy atom. The molecule has 1 atom stereocenters. The molecule has 3 N–H and O–H groups in total. The van der Waals surface area contributed by atoms with Gasteiger partial charge in [-0.1, -0.05) is 50.3 Å². The molecule has 2 aromatic rings. The summed E-state index contributed by atoms with van der Waals surface area (Å²) in [5.74, 6) is 0.559. The second-order valence-electron chi connectivity index (χ2n) is 7.92. The SMILES string of the molecule is O=C(Nc1ccc(Oc2ccccc2)cc1)C1=C(O)C(CC2CCCCC2)NC1=O. The molecule has 4 rings (SSSR count). The van der Waals surface area contributed by atoms with Gasteiger partial charge in [0.05, 0.1) is 6.04 Å². The highest BCUT2D eigenvalue weighted by Gasteiger charge is 2.37. The molecule has 1 heterocycles. The third-order valence-electron chi connectivity index (χ3n) is 5.73. The first kappa shape index (κ1) is 20.0. The van der Waals surface area contributed by atoms with Crippen molar-refractivity contribution in [1.82, 2.24) is 5.32 Å².